The fraction of sp³-hybridized carbons (Fsp3) is 0.500. The summed E-state index contributed by atoms with van der Waals surface area (Å²) in [6.07, 6.45) is 1.50. The first-order valence-corrected chi connectivity index (χ1v) is 7.39. The van der Waals surface area contributed by atoms with Gasteiger partial charge in [0.2, 0.25) is 10.0 Å². The smallest absolute Gasteiger partial charge is 0.243 e. The molecule has 2 rings (SSSR count). The zero-order chi connectivity index (χ0) is 13.3. The molecule has 1 atom stereocenters. The molecule has 5 nitrogen and oxygen atoms in total. The van der Waals surface area contributed by atoms with Gasteiger partial charge in [-0.25, -0.2) is 8.42 Å². The largest absolute Gasteiger partial charge is 0.399 e. The SMILES string of the molecule is Cc1cc(S(=O)(=O)N2CCC[C@@H]2CO)ccc1N. The van der Waals surface area contributed by atoms with Gasteiger partial charge in [0.05, 0.1) is 11.5 Å². The Kier molecular flexibility index (Phi) is 3.61. The first-order chi connectivity index (χ1) is 8.46. The minimum Gasteiger partial charge on any atom is -0.399 e. The van der Waals surface area contributed by atoms with Crippen LogP contribution < -0.4 is 5.73 Å². The van der Waals surface area contributed by atoms with Crippen LogP contribution in [0.1, 0.15) is 18.4 Å². The van der Waals surface area contributed by atoms with Crippen LogP contribution in [0.15, 0.2) is 23.1 Å². The minimum absolute atomic E-state index is 0.132. The van der Waals surface area contributed by atoms with E-state index in [1.165, 1.54) is 10.4 Å². The second kappa shape index (κ2) is 4.87. The number of hydrogen-bond acceptors (Lipinski definition) is 4. The standard InChI is InChI=1S/C12H18N2O3S/c1-9-7-11(4-5-12(9)13)18(16,17)14-6-2-3-10(14)8-15/h4-5,7,10,15H,2-3,6,8,13H2,1H3/t10-/m1/s1. The predicted molar refractivity (Wildman–Crippen MR) is 69.6 cm³/mol. The lowest BCUT2D eigenvalue weighted by Gasteiger charge is -2.22. The number of sulfonamides is 1. The van der Waals surface area contributed by atoms with Gasteiger partial charge in [0.1, 0.15) is 0 Å². The molecule has 0 saturated carbocycles. The predicted octanol–water partition coefficient (Wildman–Crippen LogP) is 0.723. The molecule has 6 heteroatoms. The highest BCUT2D eigenvalue weighted by atomic mass is 32.2. The molecule has 0 aliphatic carbocycles. The van der Waals surface area contributed by atoms with E-state index in [0.717, 1.165) is 12.0 Å². The Morgan fingerprint density at radius 3 is 2.83 bits per heavy atom. The second-order valence-corrected chi connectivity index (χ2v) is 6.50. The molecule has 0 unspecified atom stereocenters. The van der Waals surface area contributed by atoms with Crippen molar-refractivity contribution in [3.05, 3.63) is 23.8 Å². The molecule has 1 aliphatic heterocycles. The fourth-order valence-electron chi connectivity index (χ4n) is 2.25. The molecular formula is C12H18N2O3S. The molecule has 3 N–H and O–H groups in total. The molecule has 1 aromatic rings. The maximum Gasteiger partial charge on any atom is 0.243 e. The van der Waals surface area contributed by atoms with Gasteiger partial charge in [-0.15, -0.1) is 0 Å². The van der Waals surface area contributed by atoms with Gasteiger partial charge < -0.3 is 10.8 Å². The maximum absolute atomic E-state index is 12.4. The van der Waals surface area contributed by atoms with Crippen LogP contribution in [0.5, 0.6) is 0 Å². The number of nitrogens with zero attached hydrogens (tertiary/aromatic N) is 1. The molecule has 0 spiro atoms. The van der Waals surface area contributed by atoms with Gasteiger partial charge in [-0.3, -0.25) is 0 Å². The van der Waals surface area contributed by atoms with Crippen molar-refractivity contribution in [1.29, 1.82) is 0 Å². The number of aliphatic hydroxyl groups excluding tert-OH is 1. The van der Waals surface area contributed by atoms with Crippen molar-refractivity contribution < 1.29 is 13.5 Å². The Bertz CT molecular complexity index is 542. The molecule has 18 heavy (non-hydrogen) atoms. The fourth-order valence-corrected chi connectivity index (χ4v) is 4.02. The number of anilines is 1. The molecule has 1 aliphatic rings. The Morgan fingerprint density at radius 1 is 1.50 bits per heavy atom. The average Bonchev–Trinajstić information content (AvgIpc) is 2.81. The van der Waals surface area contributed by atoms with Crippen LogP contribution in [-0.2, 0) is 10.0 Å². The van der Waals surface area contributed by atoms with Gasteiger partial charge in [-0.05, 0) is 43.5 Å². The molecule has 0 bridgehead atoms. The summed E-state index contributed by atoms with van der Waals surface area (Å²) in [7, 11) is -3.52. The van der Waals surface area contributed by atoms with Gasteiger partial charge in [-0.2, -0.15) is 4.31 Å². The zero-order valence-electron chi connectivity index (χ0n) is 10.3. The number of hydrogen-bond donors (Lipinski definition) is 2. The van der Waals surface area contributed by atoms with E-state index >= 15 is 0 Å². The van der Waals surface area contributed by atoms with Crippen molar-refractivity contribution >= 4 is 15.7 Å². The van der Waals surface area contributed by atoms with E-state index in [1.54, 1.807) is 19.1 Å². The summed E-state index contributed by atoms with van der Waals surface area (Å²) in [4.78, 5) is 0.245. The van der Waals surface area contributed by atoms with E-state index in [4.69, 9.17) is 5.73 Å². The molecule has 0 aromatic heterocycles. The Morgan fingerprint density at radius 2 is 2.22 bits per heavy atom. The van der Waals surface area contributed by atoms with E-state index in [-0.39, 0.29) is 17.5 Å². The summed E-state index contributed by atoms with van der Waals surface area (Å²) in [6, 6.07) is 4.40. The molecular weight excluding hydrogens is 252 g/mol. The third-order valence-corrected chi connectivity index (χ3v) is 5.33. The lowest BCUT2D eigenvalue weighted by atomic mass is 10.2. The van der Waals surface area contributed by atoms with Crippen molar-refractivity contribution in [2.24, 2.45) is 0 Å². The average molecular weight is 270 g/mol. The van der Waals surface area contributed by atoms with Gasteiger partial charge in [0.25, 0.3) is 0 Å². The molecule has 1 heterocycles. The van der Waals surface area contributed by atoms with Crippen LogP contribution in [0.4, 0.5) is 5.69 Å². The number of rotatable bonds is 3. The van der Waals surface area contributed by atoms with E-state index in [0.29, 0.717) is 18.7 Å². The van der Waals surface area contributed by atoms with Crippen LogP contribution in [0.25, 0.3) is 0 Å². The van der Waals surface area contributed by atoms with Crippen molar-refractivity contribution in [3.63, 3.8) is 0 Å². The summed E-state index contributed by atoms with van der Waals surface area (Å²) in [5.41, 5.74) is 7.01. The summed E-state index contributed by atoms with van der Waals surface area (Å²) in [5, 5.41) is 9.22. The van der Waals surface area contributed by atoms with Gasteiger partial charge in [-0.1, -0.05) is 0 Å². The number of nitrogens with two attached hydrogens (primary N) is 1. The van der Waals surface area contributed by atoms with E-state index in [2.05, 4.69) is 0 Å². The molecule has 1 saturated heterocycles. The van der Waals surface area contributed by atoms with Gasteiger partial charge in [0.15, 0.2) is 0 Å². The summed E-state index contributed by atoms with van der Waals surface area (Å²) in [6.45, 7) is 2.12. The minimum atomic E-state index is -3.52. The highest BCUT2D eigenvalue weighted by molar-refractivity contribution is 7.89. The topological polar surface area (TPSA) is 83.6 Å². The molecule has 0 amide bonds. The monoisotopic (exact) mass is 270 g/mol. The first kappa shape index (κ1) is 13.3. The quantitative estimate of drug-likeness (QED) is 0.793. The van der Waals surface area contributed by atoms with Crippen LogP contribution in [0.2, 0.25) is 0 Å². The van der Waals surface area contributed by atoms with Gasteiger partial charge >= 0.3 is 0 Å². The van der Waals surface area contributed by atoms with Crippen LogP contribution in [-0.4, -0.2) is 37.0 Å². The van der Waals surface area contributed by atoms with Crippen molar-refractivity contribution in [2.45, 2.75) is 30.7 Å². The van der Waals surface area contributed by atoms with E-state index in [9.17, 15) is 13.5 Å². The lowest BCUT2D eigenvalue weighted by Crippen LogP contribution is -2.37. The summed E-state index contributed by atoms with van der Waals surface area (Å²) < 4.78 is 26.3. The summed E-state index contributed by atoms with van der Waals surface area (Å²) >= 11 is 0. The van der Waals surface area contributed by atoms with Crippen LogP contribution in [0, 0.1) is 6.92 Å². The first-order valence-electron chi connectivity index (χ1n) is 5.95. The molecule has 1 aromatic carbocycles. The third kappa shape index (κ3) is 2.23. The Labute approximate surface area is 107 Å². The van der Waals surface area contributed by atoms with Crippen molar-refractivity contribution in [1.82, 2.24) is 4.31 Å². The Hall–Kier alpha value is -1.11. The third-order valence-electron chi connectivity index (χ3n) is 3.38. The normalized spacial score (nSPS) is 21.3. The lowest BCUT2D eigenvalue weighted by molar-refractivity contribution is 0.213. The number of benzene rings is 1. The van der Waals surface area contributed by atoms with Crippen molar-refractivity contribution in [3.8, 4) is 0 Å². The second-order valence-electron chi connectivity index (χ2n) is 4.61. The van der Waals surface area contributed by atoms with Crippen molar-refractivity contribution in [2.75, 3.05) is 18.9 Å². The highest BCUT2D eigenvalue weighted by Crippen LogP contribution is 2.27. The molecule has 1 fully saturated rings. The maximum atomic E-state index is 12.4. The van der Waals surface area contributed by atoms with Gasteiger partial charge in [0, 0.05) is 18.3 Å². The molecule has 100 valence electrons. The van der Waals surface area contributed by atoms with Crippen LogP contribution >= 0.6 is 0 Å². The Balaban J connectivity index is 2.38. The number of nitrogen functional groups attached to an aromatic ring is 1. The van der Waals surface area contributed by atoms with Crippen LogP contribution in [0.3, 0.4) is 0 Å². The summed E-state index contributed by atoms with van der Waals surface area (Å²) in [5.74, 6) is 0. The van der Waals surface area contributed by atoms with E-state index in [1.807, 2.05) is 0 Å². The highest BCUT2D eigenvalue weighted by Gasteiger charge is 2.34. The van der Waals surface area contributed by atoms with E-state index < -0.39 is 10.0 Å². The number of aryl methyl sites for hydroxylation is 1. The zero-order valence-corrected chi connectivity index (χ0v) is 11.2. The molecule has 0 radical (unpaired) electrons. The number of aliphatic hydroxyl groups is 1.